The third-order valence-electron chi connectivity index (χ3n) is 4.22. The van der Waals surface area contributed by atoms with Crippen molar-refractivity contribution in [1.29, 1.82) is 0 Å². The van der Waals surface area contributed by atoms with Crippen molar-refractivity contribution in [2.45, 2.75) is 31.1 Å². The second kappa shape index (κ2) is 6.18. The van der Waals surface area contributed by atoms with Gasteiger partial charge in [0.15, 0.2) is 0 Å². The lowest BCUT2D eigenvalue weighted by Crippen LogP contribution is -3.12. The van der Waals surface area contributed by atoms with Crippen molar-refractivity contribution in [3.63, 3.8) is 0 Å². The van der Waals surface area contributed by atoms with Crippen LogP contribution in [0.25, 0.3) is 0 Å². The fourth-order valence-corrected chi connectivity index (χ4v) is 4.22. The van der Waals surface area contributed by atoms with Crippen LogP contribution in [-0.4, -0.2) is 53.1 Å². The number of piperazine rings is 1. The summed E-state index contributed by atoms with van der Waals surface area (Å²) in [5.41, 5.74) is 0.884. The van der Waals surface area contributed by atoms with Crippen LogP contribution in [0, 0.1) is 0 Å². The molecule has 1 aliphatic rings. The molecule has 22 heavy (non-hydrogen) atoms. The van der Waals surface area contributed by atoms with Gasteiger partial charge in [-0.2, -0.15) is 4.31 Å². The molecule has 0 spiro atoms. The summed E-state index contributed by atoms with van der Waals surface area (Å²) in [5, 5.41) is 0. The van der Waals surface area contributed by atoms with Crippen LogP contribution in [0.1, 0.15) is 26.3 Å². The maximum Gasteiger partial charge on any atom is 0.247 e. The van der Waals surface area contributed by atoms with Crippen molar-refractivity contribution in [2.75, 3.05) is 40.3 Å². The van der Waals surface area contributed by atoms with Gasteiger partial charge in [0.25, 0.3) is 0 Å². The quantitative estimate of drug-likeness (QED) is 0.880. The minimum atomic E-state index is -3.52. The van der Waals surface area contributed by atoms with Gasteiger partial charge in [0.1, 0.15) is 10.6 Å². The van der Waals surface area contributed by atoms with Gasteiger partial charge in [-0.15, -0.1) is 0 Å². The molecule has 0 radical (unpaired) electrons. The van der Waals surface area contributed by atoms with Gasteiger partial charge in [0.05, 0.1) is 40.3 Å². The molecule has 0 bridgehead atoms. The normalized spacial score (nSPS) is 18.4. The van der Waals surface area contributed by atoms with Crippen LogP contribution in [0.4, 0.5) is 0 Å². The summed E-state index contributed by atoms with van der Waals surface area (Å²) in [7, 11) is 0.0852. The van der Waals surface area contributed by atoms with E-state index in [4.69, 9.17) is 4.74 Å². The van der Waals surface area contributed by atoms with Crippen molar-refractivity contribution in [3.8, 4) is 5.75 Å². The molecule has 5 nitrogen and oxygen atoms in total. The summed E-state index contributed by atoms with van der Waals surface area (Å²) in [6.07, 6.45) is 0. The molecule has 0 atom stereocenters. The van der Waals surface area contributed by atoms with Gasteiger partial charge < -0.3 is 9.64 Å². The SMILES string of the molecule is COc1ccc(C(C)(C)C)cc1S(=O)(=O)N1CC[NH+](C)CC1. The lowest BCUT2D eigenvalue weighted by atomic mass is 9.87. The van der Waals surface area contributed by atoms with Gasteiger partial charge >= 0.3 is 0 Å². The number of sulfonamides is 1. The zero-order chi connectivity index (χ0) is 16.5. The van der Waals surface area contributed by atoms with Crippen molar-refractivity contribution in [2.24, 2.45) is 0 Å². The molecule has 6 heteroatoms. The van der Waals surface area contributed by atoms with Gasteiger partial charge in [0.2, 0.25) is 10.0 Å². The highest BCUT2D eigenvalue weighted by Gasteiger charge is 2.32. The Morgan fingerprint density at radius 2 is 1.77 bits per heavy atom. The summed E-state index contributed by atoms with van der Waals surface area (Å²) in [6.45, 7) is 8.99. The molecule has 1 fully saturated rings. The van der Waals surface area contributed by atoms with Crippen molar-refractivity contribution in [3.05, 3.63) is 23.8 Å². The van der Waals surface area contributed by atoms with E-state index in [1.807, 2.05) is 6.07 Å². The third-order valence-corrected chi connectivity index (χ3v) is 6.14. The largest absolute Gasteiger partial charge is 0.495 e. The molecule has 1 N–H and O–H groups in total. The van der Waals surface area contributed by atoms with Crippen LogP contribution in [0.3, 0.4) is 0 Å². The average Bonchev–Trinajstić information content (AvgIpc) is 2.46. The first kappa shape index (κ1) is 17.2. The second-order valence-electron chi connectivity index (χ2n) is 6.98. The first-order chi connectivity index (χ1) is 10.2. The Hall–Kier alpha value is -1.11. The number of nitrogens with one attached hydrogen (secondary N) is 1. The van der Waals surface area contributed by atoms with Crippen LogP contribution >= 0.6 is 0 Å². The Balaban J connectivity index is 2.45. The molecule has 0 aromatic heterocycles. The monoisotopic (exact) mass is 327 g/mol. The maximum atomic E-state index is 13.0. The van der Waals surface area contributed by atoms with Gasteiger partial charge in [-0.05, 0) is 23.1 Å². The number of methoxy groups -OCH3 is 1. The lowest BCUT2D eigenvalue weighted by Gasteiger charge is -2.30. The first-order valence-corrected chi connectivity index (χ1v) is 9.10. The first-order valence-electron chi connectivity index (χ1n) is 7.66. The number of ether oxygens (including phenoxy) is 1. The molecular formula is C16H27N2O3S+. The zero-order valence-electron chi connectivity index (χ0n) is 14.1. The van der Waals surface area contributed by atoms with E-state index in [9.17, 15) is 8.42 Å². The summed E-state index contributed by atoms with van der Waals surface area (Å²) in [4.78, 5) is 1.64. The topological polar surface area (TPSA) is 51.1 Å². The summed E-state index contributed by atoms with van der Waals surface area (Å²) < 4.78 is 32.9. The van der Waals surface area contributed by atoms with Crippen molar-refractivity contribution >= 4 is 10.0 Å². The van der Waals surface area contributed by atoms with E-state index in [-0.39, 0.29) is 10.3 Å². The summed E-state index contributed by atoms with van der Waals surface area (Å²) in [6, 6.07) is 5.46. The number of nitrogens with zero attached hydrogens (tertiary/aromatic N) is 1. The Kier molecular flexibility index (Phi) is 4.84. The molecule has 2 rings (SSSR count). The number of hydrogen-bond acceptors (Lipinski definition) is 3. The number of benzene rings is 1. The Morgan fingerprint density at radius 1 is 1.18 bits per heavy atom. The van der Waals surface area contributed by atoms with E-state index in [1.54, 1.807) is 16.4 Å². The van der Waals surface area contributed by atoms with Gasteiger partial charge in [-0.1, -0.05) is 26.8 Å². The molecule has 1 aromatic rings. The van der Waals surface area contributed by atoms with E-state index in [1.165, 1.54) is 12.0 Å². The Bertz CT molecular complexity index is 627. The van der Waals surface area contributed by atoms with Crippen LogP contribution in [0.5, 0.6) is 5.75 Å². The average molecular weight is 327 g/mol. The molecule has 1 heterocycles. The summed E-state index contributed by atoms with van der Waals surface area (Å²) >= 11 is 0. The number of quaternary nitrogens is 1. The predicted octanol–water partition coefficient (Wildman–Crippen LogP) is 0.512. The van der Waals surface area contributed by atoms with E-state index < -0.39 is 10.0 Å². The van der Waals surface area contributed by atoms with Crippen LogP contribution in [0.15, 0.2) is 23.1 Å². The van der Waals surface area contributed by atoms with E-state index in [0.717, 1.165) is 18.7 Å². The Morgan fingerprint density at radius 3 is 2.27 bits per heavy atom. The van der Waals surface area contributed by atoms with Gasteiger partial charge in [-0.25, -0.2) is 8.42 Å². The van der Waals surface area contributed by atoms with Crippen molar-refractivity contribution in [1.82, 2.24) is 4.31 Å². The second-order valence-corrected chi connectivity index (χ2v) is 8.88. The predicted molar refractivity (Wildman–Crippen MR) is 87.1 cm³/mol. The highest BCUT2D eigenvalue weighted by molar-refractivity contribution is 7.89. The highest BCUT2D eigenvalue weighted by Crippen LogP contribution is 2.32. The molecular weight excluding hydrogens is 300 g/mol. The third kappa shape index (κ3) is 3.45. The fourth-order valence-electron chi connectivity index (χ4n) is 2.59. The summed E-state index contributed by atoms with van der Waals surface area (Å²) in [5.74, 6) is 0.416. The van der Waals surface area contributed by atoms with E-state index in [2.05, 4.69) is 27.8 Å². The molecule has 124 valence electrons. The minimum Gasteiger partial charge on any atom is -0.495 e. The van der Waals surface area contributed by atoms with Crippen LogP contribution in [-0.2, 0) is 15.4 Å². The number of rotatable bonds is 3. The molecule has 0 saturated carbocycles. The van der Waals surface area contributed by atoms with E-state index >= 15 is 0 Å². The zero-order valence-corrected chi connectivity index (χ0v) is 15.0. The molecule has 1 aromatic carbocycles. The van der Waals surface area contributed by atoms with Crippen molar-refractivity contribution < 1.29 is 18.1 Å². The number of hydrogen-bond donors (Lipinski definition) is 1. The maximum absolute atomic E-state index is 13.0. The van der Waals surface area contributed by atoms with E-state index in [0.29, 0.717) is 18.8 Å². The highest BCUT2D eigenvalue weighted by atomic mass is 32.2. The smallest absolute Gasteiger partial charge is 0.247 e. The molecule has 0 unspecified atom stereocenters. The van der Waals surface area contributed by atoms with Crippen LogP contribution in [0.2, 0.25) is 0 Å². The number of likely N-dealkylation sites (N-methyl/N-ethyl adjacent to an activating group) is 1. The Labute approximate surface area is 133 Å². The molecule has 1 aliphatic heterocycles. The van der Waals surface area contributed by atoms with Crippen LogP contribution < -0.4 is 9.64 Å². The fraction of sp³-hybridized carbons (Fsp3) is 0.625. The lowest BCUT2D eigenvalue weighted by molar-refractivity contribution is -0.883. The molecule has 1 saturated heterocycles. The minimum absolute atomic E-state index is 0.108. The molecule has 0 amide bonds. The molecule has 0 aliphatic carbocycles. The van der Waals surface area contributed by atoms with Gasteiger partial charge in [0, 0.05) is 0 Å². The van der Waals surface area contributed by atoms with Gasteiger partial charge in [-0.3, -0.25) is 0 Å². The standard InChI is InChI=1S/C16H26N2O3S/c1-16(2,3)13-6-7-14(21-5)15(12-13)22(19,20)18-10-8-17(4)9-11-18/h6-7,12H,8-11H2,1-5H3/p+1.